The van der Waals surface area contributed by atoms with Gasteiger partial charge in [0.1, 0.15) is 17.1 Å². The van der Waals surface area contributed by atoms with Crippen LogP contribution < -0.4 is 0 Å². The van der Waals surface area contributed by atoms with Crippen LogP contribution in [-0.4, -0.2) is 19.2 Å². The van der Waals surface area contributed by atoms with E-state index in [1.807, 2.05) is 54.6 Å². The molecule has 0 atom stereocenters. The van der Waals surface area contributed by atoms with Gasteiger partial charge in [0.2, 0.25) is 0 Å². The van der Waals surface area contributed by atoms with E-state index in [9.17, 15) is 5.11 Å². The van der Waals surface area contributed by atoms with E-state index in [4.69, 9.17) is 4.98 Å². The van der Waals surface area contributed by atoms with Gasteiger partial charge in [-0.05, 0) is 50.2 Å². The Labute approximate surface area is 188 Å². The molecule has 0 amide bonds. The molecule has 2 aromatic heterocycles. The third-order valence-electron chi connectivity index (χ3n) is 5.41. The van der Waals surface area contributed by atoms with E-state index in [1.54, 1.807) is 6.07 Å². The second-order valence-corrected chi connectivity index (χ2v) is 7.16. The Bertz CT molecular complexity index is 1320. The first-order valence-corrected chi connectivity index (χ1v) is 9.66. The largest absolute Gasteiger partial charge is 0.507 e. The van der Waals surface area contributed by atoms with Crippen LogP contribution >= 0.6 is 0 Å². The maximum Gasteiger partial charge on any atom is 0.149 e. The summed E-state index contributed by atoms with van der Waals surface area (Å²) in [6, 6.07) is 27.9. The summed E-state index contributed by atoms with van der Waals surface area (Å²) < 4.78 is 4.39. The molecule has 1 N–H and O–H groups in total. The van der Waals surface area contributed by atoms with E-state index in [0.29, 0.717) is 0 Å². The second-order valence-electron chi connectivity index (χ2n) is 7.16. The maximum absolute atomic E-state index is 10.5. The van der Waals surface area contributed by atoms with Crippen LogP contribution in [0, 0.1) is 13.8 Å². The van der Waals surface area contributed by atoms with Gasteiger partial charge in [0.15, 0.2) is 0 Å². The molecule has 3 aromatic carbocycles. The van der Waals surface area contributed by atoms with Crippen molar-refractivity contribution in [1.29, 1.82) is 0 Å². The minimum atomic E-state index is 0. The van der Waals surface area contributed by atoms with Gasteiger partial charge in [-0.15, -0.1) is 0 Å². The quantitative estimate of drug-likeness (QED) is 0.357. The van der Waals surface area contributed by atoms with Crippen LogP contribution in [0.3, 0.4) is 0 Å². The minimum Gasteiger partial charge on any atom is -0.507 e. The van der Waals surface area contributed by atoms with Crippen LogP contribution in [0.1, 0.15) is 11.4 Å². The van der Waals surface area contributed by atoms with E-state index in [2.05, 4.69) is 47.2 Å². The number of aromatic hydroxyl groups is 1. The standard InChI is InChI=1S/C25H21N3O.Zn/c1-17-23-24(18(2)27(17)19-11-5-3-6-12-19)28(20-13-7-4-8-14-20)25(26-23)21-15-9-10-16-22(21)29;/h3-16,29H,1-2H3;. The summed E-state index contributed by atoms with van der Waals surface area (Å²) in [6.07, 6.45) is 0. The Morgan fingerprint density at radius 2 is 1.20 bits per heavy atom. The molecule has 2 heterocycles. The number of phenols is 1. The Balaban J connectivity index is 0.00000218. The smallest absolute Gasteiger partial charge is 0.149 e. The van der Waals surface area contributed by atoms with Crippen molar-refractivity contribution in [2.75, 3.05) is 0 Å². The van der Waals surface area contributed by atoms with E-state index >= 15 is 0 Å². The molecule has 0 aliphatic carbocycles. The number of para-hydroxylation sites is 3. The molecule has 0 saturated heterocycles. The fourth-order valence-corrected chi connectivity index (χ4v) is 4.11. The molecule has 0 fully saturated rings. The molecule has 0 saturated carbocycles. The number of rotatable bonds is 3. The second kappa shape index (κ2) is 7.93. The summed E-state index contributed by atoms with van der Waals surface area (Å²) >= 11 is 0. The van der Waals surface area contributed by atoms with Gasteiger partial charge in [-0.25, -0.2) is 4.98 Å². The maximum atomic E-state index is 10.5. The van der Waals surface area contributed by atoms with E-state index in [-0.39, 0.29) is 25.2 Å². The van der Waals surface area contributed by atoms with Crippen molar-refractivity contribution >= 4 is 11.0 Å². The zero-order valence-electron chi connectivity index (χ0n) is 17.1. The predicted octanol–water partition coefficient (Wildman–Crippen LogP) is 5.80. The van der Waals surface area contributed by atoms with Gasteiger partial charge in [0.05, 0.1) is 11.1 Å². The van der Waals surface area contributed by atoms with Crippen molar-refractivity contribution in [3.63, 3.8) is 0 Å². The van der Waals surface area contributed by atoms with Crippen LogP contribution in [0.4, 0.5) is 0 Å². The number of hydrogen-bond acceptors (Lipinski definition) is 2. The monoisotopic (exact) mass is 443 g/mol. The average Bonchev–Trinajstić information content (AvgIpc) is 3.26. The van der Waals surface area contributed by atoms with Gasteiger partial charge in [-0.3, -0.25) is 4.57 Å². The molecule has 30 heavy (non-hydrogen) atoms. The number of imidazole rings is 1. The predicted molar refractivity (Wildman–Crippen MR) is 117 cm³/mol. The summed E-state index contributed by atoms with van der Waals surface area (Å²) in [5, 5.41) is 10.5. The number of aromatic nitrogens is 3. The van der Waals surface area contributed by atoms with Crippen LogP contribution in [0.25, 0.3) is 33.8 Å². The summed E-state index contributed by atoms with van der Waals surface area (Å²) in [6.45, 7) is 4.22. The number of aryl methyl sites for hydroxylation is 2. The molecular formula is C25H21N3OZn. The molecule has 5 rings (SSSR count). The molecule has 144 valence electrons. The van der Waals surface area contributed by atoms with Crippen molar-refractivity contribution < 1.29 is 24.6 Å². The number of benzene rings is 3. The first-order chi connectivity index (χ1) is 14.2. The SMILES string of the molecule is Cc1c2nc(-c3ccccc3O)n(-c3ccccc3)c2c(C)n1-c1ccccc1.[Zn]. The van der Waals surface area contributed by atoms with Crippen LogP contribution in [0.2, 0.25) is 0 Å². The molecule has 0 aliphatic rings. The Kier molecular flexibility index (Phi) is 5.32. The van der Waals surface area contributed by atoms with Crippen LogP contribution in [-0.2, 0) is 19.5 Å². The summed E-state index contributed by atoms with van der Waals surface area (Å²) in [5.41, 5.74) is 7.03. The van der Waals surface area contributed by atoms with Crippen molar-refractivity contribution in [3.8, 4) is 28.5 Å². The summed E-state index contributed by atoms with van der Waals surface area (Å²) in [4.78, 5) is 5.01. The van der Waals surface area contributed by atoms with Crippen molar-refractivity contribution in [2.24, 2.45) is 0 Å². The molecule has 0 aliphatic heterocycles. The minimum absolute atomic E-state index is 0. The van der Waals surface area contributed by atoms with Gasteiger partial charge in [0.25, 0.3) is 0 Å². The van der Waals surface area contributed by atoms with Crippen LogP contribution in [0.15, 0.2) is 84.9 Å². The van der Waals surface area contributed by atoms with Gasteiger partial charge < -0.3 is 9.67 Å². The molecule has 0 bridgehead atoms. The first-order valence-electron chi connectivity index (χ1n) is 9.66. The Morgan fingerprint density at radius 3 is 1.80 bits per heavy atom. The summed E-state index contributed by atoms with van der Waals surface area (Å²) in [7, 11) is 0. The molecular weight excluding hydrogens is 424 g/mol. The number of hydrogen-bond donors (Lipinski definition) is 1. The molecule has 0 spiro atoms. The number of fused-ring (bicyclic) bond motifs is 1. The Morgan fingerprint density at radius 1 is 0.667 bits per heavy atom. The first kappa shape index (κ1) is 20.1. The van der Waals surface area contributed by atoms with Crippen molar-refractivity contribution in [1.82, 2.24) is 14.1 Å². The third kappa shape index (κ3) is 3.07. The number of phenolic OH excluding ortho intramolecular Hbond substituents is 1. The molecule has 5 heteroatoms. The van der Waals surface area contributed by atoms with Gasteiger partial charge >= 0.3 is 0 Å². The number of nitrogens with zero attached hydrogens (tertiary/aromatic N) is 3. The Hall–Kier alpha value is -3.17. The topological polar surface area (TPSA) is 43.0 Å². The van der Waals surface area contributed by atoms with E-state index in [0.717, 1.165) is 45.2 Å². The third-order valence-corrected chi connectivity index (χ3v) is 5.41. The van der Waals surface area contributed by atoms with Crippen molar-refractivity contribution in [2.45, 2.75) is 13.8 Å². The van der Waals surface area contributed by atoms with Gasteiger partial charge in [-0.1, -0.05) is 48.5 Å². The zero-order valence-corrected chi connectivity index (χ0v) is 20.0. The molecule has 5 aromatic rings. The summed E-state index contributed by atoms with van der Waals surface area (Å²) in [5.74, 6) is 0.967. The van der Waals surface area contributed by atoms with E-state index in [1.165, 1.54) is 0 Å². The van der Waals surface area contributed by atoms with Crippen LogP contribution in [0.5, 0.6) is 5.75 Å². The fourth-order valence-electron chi connectivity index (χ4n) is 4.11. The fraction of sp³-hybridized carbons (Fsp3) is 0.0800. The van der Waals surface area contributed by atoms with Crippen molar-refractivity contribution in [3.05, 3.63) is 96.3 Å². The van der Waals surface area contributed by atoms with E-state index < -0.39 is 0 Å². The molecule has 0 radical (unpaired) electrons. The average molecular weight is 445 g/mol. The van der Waals surface area contributed by atoms with Gasteiger partial charge in [0, 0.05) is 42.2 Å². The zero-order chi connectivity index (χ0) is 20.0. The normalized spacial score (nSPS) is 10.9. The molecule has 0 unspecified atom stereocenters. The molecule has 4 nitrogen and oxygen atoms in total. The van der Waals surface area contributed by atoms with Gasteiger partial charge in [-0.2, -0.15) is 0 Å².